The van der Waals surface area contributed by atoms with Crippen molar-refractivity contribution in [1.29, 1.82) is 0 Å². The lowest BCUT2D eigenvalue weighted by molar-refractivity contribution is -0.384. The predicted octanol–water partition coefficient (Wildman–Crippen LogP) is 3.02. The van der Waals surface area contributed by atoms with E-state index in [1.165, 1.54) is 55.1 Å². The van der Waals surface area contributed by atoms with Gasteiger partial charge in [-0.3, -0.25) is 24.5 Å². The molecule has 0 atom stereocenters. The summed E-state index contributed by atoms with van der Waals surface area (Å²) in [6.07, 6.45) is 1.38. The van der Waals surface area contributed by atoms with E-state index in [2.05, 4.69) is 10.6 Å². The molecule has 3 rings (SSSR count). The summed E-state index contributed by atoms with van der Waals surface area (Å²) in [4.78, 5) is 46.8. The number of nitro benzene ring substituents is 1. The summed E-state index contributed by atoms with van der Waals surface area (Å²) in [5.74, 6) is -0.380. The molecule has 0 aliphatic heterocycles. The maximum Gasteiger partial charge on any atom is 0.269 e. The van der Waals surface area contributed by atoms with Gasteiger partial charge in [-0.15, -0.1) is 0 Å². The Balaban J connectivity index is 1.86. The van der Waals surface area contributed by atoms with Gasteiger partial charge in [0.05, 0.1) is 29.8 Å². The van der Waals surface area contributed by atoms with E-state index >= 15 is 0 Å². The summed E-state index contributed by atoms with van der Waals surface area (Å²) in [5.41, 5.74) is 1.10. The molecule has 164 valence electrons. The van der Waals surface area contributed by atoms with E-state index in [4.69, 9.17) is 4.74 Å². The van der Waals surface area contributed by atoms with Crippen molar-refractivity contribution in [3.63, 3.8) is 0 Å². The van der Waals surface area contributed by atoms with Gasteiger partial charge in [-0.2, -0.15) is 0 Å². The Hall–Kier alpha value is -4.47. The van der Waals surface area contributed by atoms with Crippen molar-refractivity contribution in [1.82, 2.24) is 4.57 Å². The van der Waals surface area contributed by atoms with Crippen LogP contribution in [-0.4, -0.2) is 28.4 Å². The standard InChI is InChI=1S/C22H20N4O6/c1-14(27)23-17-7-8-20(32-2)19(11-17)24-22(29)16-6-9-21(28)25(13-16)12-15-4-3-5-18(10-15)26(30)31/h3-11,13H,12H2,1-2H3,(H,23,27)(H,24,29). The molecule has 32 heavy (non-hydrogen) atoms. The normalized spacial score (nSPS) is 10.3. The van der Waals surface area contributed by atoms with Gasteiger partial charge in [0.15, 0.2) is 0 Å². The smallest absolute Gasteiger partial charge is 0.269 e. The van der Waals surface area contributed by atoms with E-state index < -0.39 is 10.8 Å². The van der Waals surface area contributed by atoms with E-state index in [1.807, 2.05) is 0 Å². The molecular formula is C22H20N4O6. The van der Waals surface area contributed by atoms with Crippen LogP contribution in [0.3, 0.4) is 0 Å². The van der Waals surface area contributed by atoms with Crippen LogP contribution in [0.2, 0.25) is 0 Å². The van der Waals surface area contributed by atoms with Gasteiger partial charge in [-0.1, -0.05) is 12.1 Å². The molecule has 0 fully saturated rings. The second-order valence-corrected chi connectivity index (χ2v) is 6.86. The number of nitro groups is 1. The SMILES string of the molecule is COc1ccc(NC(C)=O)cc1NC(=O)c1ccc(=O)n(Cc2cccc([N+](=O)[O-])c2)c1. The minimum atomic E-state index is -0.515. The van der Waals surface area contributed by atoms with Crippen molar-refractivity contribution in [2.75, 3.05) is 17.7 Å². The molecule has 1 heterocycles. The molecule has 2 N–H and O–H groups in total. The van der Waals surface area contributed by atoms with E-state index in [0.717, 1.165) is 0 Å². The molecule has 0 radical (unpaired) electrons. The minimum absolute atomic E-state index is 0.0585. The van der Waals surface area contributed by atoms with Crippen LogP contribution in [0.4, 0.5) is 17.1 Å². The molecule has 0 saturated heterocycles. The molecule has 1 aromatic heterocycles. The lowest BCUT2D eigenvalue weighted by atomic mass is 10.2. The Bertz CT molecular complexity index is 1250. The third-order valence-electron chi connectivity index (χ3n) is 4.49. The number of amides is 2. The number of non-ortho nitro benzene ring substituents is 1. The number of methoxy groups -OCH3 is 1. The maximum absolute atomic E-state index is 12.8. The predicted molar refractivity (Wildman–Crippen MR) is 118 cm³/mol. The molecule has 2 aromatic carbocycles. The number of pyridine rings is 1. The van der Waals surface area contributed by atoms with Crippen LogP contribution in [0, 0.1) is 10.1 Å². The highest BCUT2D eigenvalue weighted by molar-refractivity contribution is 6.05. The monoisotopic (exact) mass is 436 g/mol. The van der Waals surface area contributed by atoms with Gasteiger partial charge in [0.25, 0.3) is 17.2 Å². The Morgan fingerprint density at radius 2 is 1.88 bits per heavy atom. The zero-order valence-corrected chi connectivity index (χ0v) is 17.3. The van der Waals surface area contributed by atoms with Crippen LogP contribution in [-0.2, 0) is 11.3 Å². The number of benzene rings is 2. The van der Waals surface area contributed by atoms with E-state index in [1.54, 1.807) is 24.3 Å². The number of nitrogens with zero attached hydrogens (tertiary/aromatic N) is 2. The second kappa shape index (κ2) is 9.56. The van der Waals surface area contributed by atoms with E-state index in [9.17, 15) is 24.5 Å². The molecule has 0 spiro atoms. The highest BCUT2D eigenvalue weighted by atomic mass is 16.6. The first-order chi connectivity index (χ1) is 15.3. The first kappa shape index (κ1) is 22.2. The zero-order valence-electron chi connectivity index (χ0n) is 17.3. The number of nitrogens with one attached hydrogen (secondary N) is 2. The minimum Gasteiger partial charge on any atom is -0.495 e. The molecule has 0 unspecified atom stereocenters. The highest BCUT2D eigenvalue weighted by Crippen LogP contribution is 2.28. The lowest BCUT2D eigenvalue weighted by Gasteiger charge is -2.13. The van der Waals surface area contributed by atoms with Crippen LogP contribution in [0.5, 0.6) is 5.75 Å². The number of carbonyl (C=O) groups excluding carboxylic acids is 2. The fraction of sp³-hybridized carbons (Fsp3) is 0.136. The molecule has 10 nitrogen and oxygen atoms in total. The average molecular weight is 436 g/mol. The van der Waals surface area contributed by atoms with Gasteiger partial charge >= 0.3 is 0 Å². The Labute approximate surface area is 182 Å². The van der Waals surface area contributed by atoms with Crippen molar-refractivity contribution < 1.29 is 19.2 Å². The maximum atomic E-state index is 12.8. The highest BCUT2D eigenvalue weighted by Gasteiger charge is 2.13. The van der Waals surface area contributed by atoms with Crippen molar-refractivity contribution in [2.24, 2.45) is 0 Å². The van der Waals surface area contributed by atoms with Crippen LogP contribution in [0.25, 0.3) is 0 Å². The summed E-state index contributed by atoms with van der Waals surface area (Å²) >= 11 is 0. The number of hydrogen-bond donors (Lipinski definition) is 2. The van der Waals surface area contributed by atoms with Crippen molar-refractivity contribution in [3.8, 4) is 5.75 Å². The van der Waals surface area contributed by atoms with Crippen molar-refractivity contribution >= 4 is 28.9 Å². The van der Waals surface area contributed by atoms with Crippen molar-refractivity contribution in [2.45, 2.75) is 13.5 Å². The third-order valence-corrected chi connectivity index (χ3v) is 4.49. The summed E-state index contributed by atoms with van der Waals surface area (Å²) in [5, 5.41) is 16.3. The van der Waals surface area contributed by atoms with Crippen LogP contribution >= 0.6 is 0 Å². The molecule has 3 aromatic rings. The van der Waals surface area contributed by atoms with Gasteiger partial charge in [0.2, 0.25) is 5.91 Å². The first-order valence-corrected chi connectivity index (χ1v) is 9.47. The molecule has 10 heteroatoms. The fourth-order valence-corrected chi connectivity index (χ4v) is 3.04. The second-order valence-electron chi connectivity index (χ2n) is 6.86. The van der Waals surface area contributed by atoms with Gasteiger partial charge in [0.1, 0.15) is 5.75 Å². The number of rotatable bonds is 7. The molecule has 0 aliphatic carbocycles. The van der Waals surface area contributed by atoms with Gasteiger partial charge in [0, 0.05) is 37.0 Å². The van der Waals surface area contributed by atoms with Gasteiger partial charge in [-0.25, -0.2) is 0 Å². The fourth-order valence-electron chi connectivity index (χ4n) is 3.04. The van der Waals surface area contributed by atoms with Crippen LogP contribution < -0.4 is 20.9 Å². The number of aromatic nitrogens is 1. The Morgan fingerprint density at radius 1 is 1.09 bits per heavy atom. The van der Waals surface area contributed by atoms with E-state index in [-0.39, 0.29) is 29.3 Å². The van der Waals surface area contributed by atoms with E-state index in [0.29, 0.717) is 22.7 Å². The quantitative estimate of drug-likeness (QED) is 0.432. The van der Waals surface area contributed by atoms with Gasteiger partial charge in [-0.05, 0) is 29.8 Å². The molecular weight excluding hydrogens is 416 g/mol. The number of anilines is 2. The third kappa shape index (κ3) is 5.36. The van der Waals surface area contributed by atoms with Crippen molar-refractivity contribution in [3.05, 3.63) is 92.4 Å². The number of carbonyl (C=O) groups is 2. The van der Waals surface area contributed by atoms with Crippen LogP contribution in [0.1, 0.15) is 22.8 Å². The number of hydrogen-bond acceptors (Lipinski definition) is 6. The van der Waals surface area contributed by atoms with Crippen LogP contribution in [0.15, 0.2) is 65.6 Å². The molecule has 2 amide bonds. The average Bonchev–Trinajstić information content (AvgIpc) is 2.75. The Kier molecular flexibility index (Phi) is 6.64. The summed E-state index contributed by atoms with van der Waals surface area (Å²) < 4.78 is 6.55. The molecule has 0 aliphatic rings. The topological polar surface area (TPSA) is 133 Å². The Morgan fingerprint density at radius 3 is 2.56 bits per heavy atom. The largest absolute Gasteiger partial charge is 0.495 e. The summed E-state index contributed by atoms with van der Waals surface area (Å²) in [6, 6.07) is 13.3. The zero-order chi connectivity index (χ0) is 23.3. The first-order valence-electron chi connectivity index (χ1n) is 9.47. The molecule has 0 saturated carbocycles. The number of ether oxygens (including phenoxy) is 1. The molecule has 0 bridgehead atoms. The lowest BCUT2D eigenvalue weighted by Crippen LogP contribution is -2.22. The van der Waals surface area contributed by atoms with Gasteiger partial charge < -0.3 is 19.9 Å². The summed E-state index contributed by atoms with van der Waals surface area (Å²) in [6.45, 7) is 1.43. The summed E-state index contributed by atoms with van der Waals surface area (Å²) in [7, 11) is 1.45.